The molecule has 1 fully saturated rings. The molecule has 0 amide bonds. The monoisotopic (exact) mass is 297 g/mol. The van der Waals surface area contributed by atoms with Crippen LogP contribution in [0.4, 0.5) is 10.2 Å². The van der Waals surface area contributed by atoms with Gasteiger partial charge in [-0.15, -0.1) is 0 Å². The van der Waals surface area contributed by atoms with Crippen molar-refractivity contribution in [1.29, 1.82) is 0 Å². The number of rotatable bonds is 3. The van der Waals surface area contributed by atoms with Crippen molar-refractivity contribution < 1.29 is 19.3 Å². The van der Waals surface area contributed by atoms with Crippen molar-refractivity contribution in [2.24, 2.45) is 0 Å². The number of hydrogen-bond donors (Lipinski definition) is 2. The van der Waals surface area contributed by atoms with Gasteiger partial charge in [-0.05, 0) is 0 Å². The molecular weight excluding hydrogens is 281 g/mol. The Labute approximate surface area is 119 Å². The third kappa shape index (κ3) is 2.13. The van der Waals surface area contributed by atoms with Gasteiger partial charge in [0.1, 0.15) is 18.5 Å². The molecule has 0 aliphatic carbocycles. The van der Waals surface area contributed by atoms with Gasteiger partial charge in [0.05, 0.1) is 12.9 Å². The minimum absolute atomic E-state index is 0.434. The number of anilines is 1. The van der Waals surface area contributed by atoms with Crippen molar-refractivity contribution in [1.82, 2.24) is 19.5 Å². The zero-order valence-electron chi connectivity index (χ0n) is 11.6. The van der Waals surface area contributed by atoms with E-state index in [0.29, 0.717) is 17.0 Å². The lowest BCUT2D eigenvalue weighted by Crippen LogP contribution is -2.29. The molecule has 0 radical (unpaired) electrons. The first kappa shape index (κ1) is 14.1. The van der Waals surface area contributed by atoms with Crippen molar-refractivity contribution in [2.45, 2.75) is 24.6 Å². The molecule has 21 heavy (non-hydrogen) atoms. The average Bonchev–Trinajstić information content (AvgIpc) is 3.01. The van der Waals surface area contributed by atoms with Crippen LogP contribution in [-0.2, 0) is 4.74 Å². The highest BCUT2D eigenvalue weighted by Crippen LogP contribution is 2.33. The number of aliphatic hydroxyl groups is 2. The Morgan fingerprint density at radius 2 is 2.14 bits per heavy atom. The maximum absolute atomic E-state index is 13.8. The number of fused-ring (bicyclic) bond motifs is 1. The Kier molecular flexibility index (Phi) is 3.47. The molecular formula is C12H16FN5O3. The fourth-order valence-electron chi connectivity index (χ4n) is 2.44. The summed E-state index contributed by atoms with van der Waals surface area (Å²) in [6.07, 6.45) is -2.30. The molecule has 0 spiro atoms. The first-order chi connectivity index (χ1) is 10.0. The molecule has 2 aromatic heterocycles. The van der Waals surface area contributed by atoms with Crippen LogP contribution in [0.2, 0.25) is 0 Å². The fourth-order valence-corrected chi connectivity index (χ4v) is 2.44. The van der Waals surface area contributed by atoms with Gasteiger partial charge < -0.3 is 19.8 Å². The molecule has 4 unspecified atom stereocenters. The summed E-state index contributed by atoms with van der Waals surface area (Å²) in [5.74, 6) is 0.613. The van der Waals surface area contributed by atoms with Gasteiger partial charge in [-0.1, -0.05) is 0 Å². The van der Waals surface area contributed by atoms with E-state index in [4.69, 9.17) is 9.84 Å². The first-order valence-electron chi connectivity index (χ1n) is 6.48. The number of nitrogens with zero attached hydrogens (tertiary/aromatic N) is 5. The van der Waals surface area contributed by atoms with Gasteiger partial charge in [-0.3, -0.25) is 4.57 Å². The van der Waals surface area contributed by atoms with Crippen molar-refractivity contribution in [2.75, 3.05) is 25.6 Å². The lowest BCUT2D eigenvalue weighted by atomic mass is 10.1. The molecule has 8 nitrogen and oxygen atoms in total. The normalized spacial score (nSPS) is 29.2. The van der Waals surface area contributed by atoms with E-state index in [2.05, 4.69) is 15.0 Å². The highest BCUT2D eigenvalue weighted by atomic mass is 19.1. The molecule has 114 valence electrons. The molecule has 3 rings (SSSR count). The highest BCUT2D eigenvalue weighted by Gasteiger charge is 2.45. The standard InChI is InChI=1S/C12H16FN5O3/c1-17(2)10-8-11(15-4-14-10)18(5-16-8)12-9(20)7(13)6(3-19)21-12/h4-7,9,12,19-20H,3H2,1-2H3. The number of halogens is 1. The summed E-state index contributed by atoms with van der Waals surface area (Å²) in [4.78, 5) is 14.3. The highest BCUT2D eigenvalue weighted by molar-refractivity contribution is 5.83. The molecule has 0 saturated carbocycles. The third-order valence-electron chi connectivity index (χ3n) is 3.50. The van der Waals surface area contributed by atoms with E-state index in [9.17, 15) is 9.50 Å². The van der Waals surface area contributed by atoms with E-state index >= 15 is 0 Å². The molecule has 3 heterocycles. The van der Waals surface area contributed by atoms with Gasteiger partial charge in [-0.25, -0.2) is 19.3 Å². The van der Waals surface area contributed by atoms with Crippen LogP contribution in [0.3, 0.4) is 0 Å². The van der Waals surface area contributed by atoms with Gasteiger partial charge in [-0.2, -0.15) is 0 Å². The molecule has 0 bridgehead atoms. The summed E-state index contributed by atoms with van der Waals surface area (Å²) in [6.45, 7) is -0.501. The van der Waals surface area contributed by atoms with Crippen LogP contribution >= 0.6 is 0 Å². The van der Waals surface area contributed by atoms with Crippen LogP contribution in [0, 0.1) is 0 Å². The van der Waals surface area contributed by atoms with E-state index < -0.39 is 31.2 Å². The summed E-state index contributed by atoms with van der Waals surface area (Å²) < 4.78 is 20.6. The van der Waals surface area contributed by atoms with Crippen LogP contribution < -0.4 is 4.90 Å². The van der Waals surface area contributed by atoms with E-state index in [0.717, 1.165) is 0 Å². The third-order valence-corrected chi connectivity index (χ3v) is 3.50. The topological polar surface area (TPSA) is 96.5 Å². The van der Waals surface area contributed by atoms with Gasteiger partial charge in [0.2, 0.25) is 0 Å². The summed E-state index contributed by atoms with van der Waals surface area (Å²) in [6, 6.07) is 0. The predicted molar refractivity (Wildman–Crippen MR) is 71.5 cm³/mol. The van der Waals surface area contributed by atoms with Crippen LogP contribution in [-0.4, -0.2) is 68.8 Å². The minimum Gasteiger partial charge on any atom is -0.394 e. The lowest BCUT2D eigenvalue weighted by molar-refractivity contribution is -0.0495. The van der Waals surface area contributed by atoms with Crippen molar-refractivity contribution >= 4 is 17.0 Å². The minimum atomic E-state index is -1.66. The molecule has 9 heteroatoms. The Bertz CT molecular complexity index is 649. The zero-order valence-corrected chi connectivity index (χ0v) is 11.6. The van der Waals surface area contributed by atoms with Gasteiger partial charge >= 0.3 is 0 Å². The predicted octanol–water partition coefficient (Wildman–Crippen LogP) is -0.519. The van der Waals surface area contributed by atoms with Crippen molar-refractivity contribution in [3.63, 3.8) is 0 Å². The molecule has 1 aliphatic rings. The second-order valence-electron chi connectivity index (χ2n) is 5.10. The largest absolute Gasteiger partial charge is 0.394 e. The summed E-state index contributed by atoms with van der Waals surface area (Å²) >= 11 is 0. The Morgan fingerprint density at radius 3 is 2.76 bits per heavy atom. The van der Waals surface area contributed by atoms with Gasteiger partial charge in [0.15, 0.2) is 29.4 Å². The van der Waals surface area contributed by atoms with Crippen molar-refractivity contribution in [3.05, 3.63) is 12.7 Å². The maximum atomic E-state index is 13.8. The SMILES string of the molecule is CN(C)c1ncnc2c1ncn2C1OC(CO)C(F)C1O. The van der Waals surface area contributed by atoms with E-state index in [1.807, 2.05) is 14.1 Å². The Morgan fingerprint density at radius 1 is 1.38 bits per heavy atom. The van der Waals surface area contributed by atoms with E-state index in [1.54, 1.807) is 4.90 Å². The number of hydrogen-bond acceptors (Lipinski definition) is 7. The Hall–Kier alpha value is -1.84. The second-order valence-corrected chi connectivity index (χ2v) is 5.10. The van der Waals surface area contributed by atoms with Crippen LogP contribution in [0.15, 0.2) is 12.7 Å². The quantitative estimate of drug-likeness (QED) is 0.787. The van der Waals surface area contributed by atoms with Gasteiger partial charge in [0, 0.05) is 14.1 Å². The molecule has 2 aromatic rings. The summed E-state index contributed by atoms with van der Waals surface area (Å²) in [7, 11) is 3.64. The van der Waals surface area contributed by atoms with Gasteiger partial charge in [0.25, 0.3) is 0 Å². The summed E-state index contributed by atoms with van der Waals surface area (Å²) in [5, 5.41) is 19.0. The van der Waals surface area contributed by atoms with Crippen molar-refractivity contribution in [3.8, 4) is 0 Å². The smallest absolute Gasteiger partial charge is 0.167 e. The molecule has 4 atom stereocenters. The first-order valence-corrected chi connectivity index (χ1v) is 6.48. The number of aliphatic hydroxyl groups excluding tert-OH is 2. The zero-order chi connectivity index (χ0) is 15.1. The molecule has 1 aliphatic heterocycles. The van der Waals surface area contributed by atoms with Crippen LogP contribution in [0.25, 0.3) is 11.2 Å². The maximum Gasteiger partial charge on any atom is 0.167 e. The number of ether oxygens (including phenoxy) is 1. The number of aromatic nitrogens is 4. The molecule has 0 aromatic carbocycles. The lowest BCUT2D eigenvalue weighted by Gasteiger charge is -2.16. The van der Waals surface area contributed by atoms with E-state index in [1.165, 1.54) is 17.2 Å². The molecule has 1 saturated heterocycles. The Balaban J connectivity index is 2.04. The summed E-state index contributed by atoms with van der Waals surface area (Å²) in [5.41, 5.74) is 0.963. The average molecular weight is 297 g/mol. The number of imidazole rings is 1. The second kappa shape index (κ2) is 5.17. The van der Waals surface area contributed by atoms with Crippen LogP contribution in [0.5, 0.6) is 0 Å². The fraction of sp³-hybridized carbons (Fsp3) is 0.583. The number of alkyl halides is 1. The van der Waals surface area contributed by atoms with Crippen LogP contribution in [0.1, 0.15) is 6.23 Å². The molecule has 2 N–H and O–H groups in total. The van der Waals surface area contributed by atoms with E-state index in [-0.39, 0.29) is 0 Å².